The third-order valence-electron chi connectivity index (χ3n) is 5.17. The first-order valence-electron chi connectivity index (χ1n) is 12.2. The van der Waals surface area contributed by atoms with Gasteiger partial charge in [-0.2, -0.15) is 0 Å². The van der Waals surface area contributed by atoms with Crippen LogP contribution in [0.5, 0.6) is 0 Å². The summed E-state index contributed by atoms with van der Waals surface area (Å²) in [5.41, 5.74) is 1.74. The molecule has 3 aromatic rings. The Hall–Kier alpha value is -3.30. The van der Waals surface area contributed by atoms with Crippen LogP contribution in [-0.2, 0) is 34.4 Å². The van der Waals surface area contributed by atoms with Gasteiger partial charge in [0.1, 0.15) is 5.00 Å². The minimum atomic E-state index is -3.48. The molecular weight excluding hydrogens is 527 g/mol. The number of nitrogens with one attached hydrogen (secondary N) is 2. The summed E-state index contributed by atoms with van der Waals surface area (Å²) in [6.07, 6.45) is -0.0371. The molecule has 0 saturated heterocycles. The highest BCUT2D eigenvalue weighted by Gasteiger charge is 2.27. The Morgan fingerprint density at radius 3 is 2.24 bits per heavy atom. The number of esters is 1. The third-order valence-corrected chi connectivity index (χ3v) is 8.38. The molecule has 3 rings (SSSR count). The first-order chi connectivity index (χ1) is 18.3. The van der Waals surface area contributed by atoms with Crippen LogP contribution < -0.4 is 15.9 Å². The van der Waals surface area contributed by atoms with E-state index in [4.69, 9.17) is 13.8 Å². The zero-order valence-electron chi connectivity index (χ0n) is 21.5. The maximum atomic E-state index is 13.0. The second-order valence-electron chi connectivity index (χ2n) is 7.94. The molecule has 2 aromatic carbocycles. The maximum absolute atomic E-state index is 13.0. The van der Waals surface area contributed by atoms with Crippen LogP contribution in [-0.4, -0.2) is 44.1 Å². The zero-order valence-corrected chi connectivity index (χ0v) is 23.2. The van der Waals surface area contributed by atoms with Gasteiger partial charge in [-0.3, -0.25) is 14.2 Å². The monoisotopic (exact) mass is 558 g/mol. The van der Waals surface area contributed by atoms with Crippen molar-refractivity contribution in [3.63, 3.8) is 0 Å². The number of hydrogen-bond donors (Lipinski definition) is 2. The topological polar surface area (TPSA) is 120 Å². The molecule has 0 atom stereocenters. The largest absolute Gasteiger partial charge is 0.462 e. The fourth-order valence-corrected chi connectivity index (χ4v) is 6.26. The highest BCUT2D eigenvalue weighted by atomic mass is 32.1. The van der Waals surface area contributed by atoms with Gasteiger partial charge in [0.15, 0.2) is 0 Å². The summed E-state index contributed by atoms with van der Waals surface area (Å²) in [7, 11) is -3.48. The Bertz CT molecular complexity index is 1300. The predicted molar refractivity (Wildman–Crippen MR) is 148 cm³/mol. The van der Waals surface area contributed by atoms with E-state index in [0.717, 1.165) is 10.4 Å². The van der Waals surface area contributed by atoms with Crippen LogP contribution in [0.25, 0.3) is 10.4 Å². The third kappa shape index (κ3) is 7.85. The second-order valence-corrected chi connectivity index (χ2v) is 11.0. The molecule has 0 aliphatic carbocycles. The van der Waals surface area contributed by atoms with E-state index in [1.54, 1.807) is 51.1 Å². The van der Waals surface area contributed by atoms with E-state index in [2.05, 4.69) is 10.6 Å². The lowest BCUT2D eigenvalue weighted by atomic mass is 10.1. The lowest BCUT2D eigenvalue weighted by molar-refractivity contribution is -0.123. The van der Waals surface area contributed by atoms with E-state index in [0.29, 0.717) is 15.9 Å². The number of carbonyl (C=O) groups excluding carboxylic acids is 3. The van der Waals surface area contributed by atoms with Crippen molar-refractivity contribution >= 4 is 47.0 Å². The van der Waals surface area contributed by atoms with Gasteiger partial charge in [0.05, 0.1) is 43.7 Å². The average Bonchev–Trinajstić information content (AvgIpc) is 3.32. The summed E-state index contributed by atoms with van der Waals surface area (Å²) < 4.78 is 28.9. The van der Waals surface area contributed by atoms with Crippen LogP contribution in [0, 0.1) is 0 Å². The summed E-state index contributed by atoms with van der Waals surface area (Å²) in [6, 6.07) is 17.8. The number of amides is 2. The van der Waals surface area contributed by atoms with E-state index in [-0.39, 0.29) is 38.3 Å². The molecule has 1 heterocycles. The summed E-state index contributed by atoms with van der Waals surface area (Å²) in [6.45, 7) is 5.49. The van der Waals surface area contributed by atoms with Gasteiger partial charge in [0, 0.05) is 4.88 Å². The predicted octanol–water partition coefficient (Wildman–Crippen LogP) is 4.78. The number of ether oxygens (including phenoxy) is 1. The van der Waals surface area contributed by atoms with Crippen molar-refractivity contribution in [2.75, 3.05) is 31.7 Å². The minimum absolute atomic E-state index is 0.0371. The Morgan fingerprint density at radius 2 is 1.58 bits per heavy atom. The van der Waals surface area contributed by atoms with Crippen molar-refractivity contribution in [3.8, 4) is 10.4 Å². The quantitative estimate of drug-likeness (QED) is 0.229. The number of carbonyl (C=O) groups is 3. The van der Waals surface area contributed by atoms with Gasteiger partial charge in [-0.15, -0.1) is 11.3 Å². The van der Waals surface area contributed by atoms with Crippen molar-refractivity contribution in [2.45, 2.75) is 27.2 Å². The normalized spacial score (nSPS) is 11.1. The van der Waals surface area contributed by atoms with Crippen LogP contribution in [0.15, 0.2) is 60.7 Å². The summed E-state index contributed by atoms with van der Waals surface area (Å²) in [5.74, 6) is -1.43. The Morgan fingerprint density at radius 1 is 0.868 bits per heavy atom. The van der Waals surface area contributed by atoms with E-state index in [9.17, 15) is 18.9 Å². The molecule has 0 aliphatic heterocycles. The number of rotatable bonds is 13. The smallest absolute Gasteiger partial charge is 0.361 e. The molecule has 0 aliphatic rings. The molecule has 0 fully saturated rings. The lowest BCUT2D eigenvalue weighted by Crippen LogP contribution is -2.34. The molecule has 202 valence electrons. The highest BCUT2D eigenvalue weighted by molar-refractivity contribution is 7.62. The molecule has 0 bridgehead atoms. The second kappa shape index (κ2) is 14.0. The van der Waals surface area contributed by atoms with Gasteiger partial charge in [0.2, 0.25) is 11.8 Å². The molecule has 2 N–H and O–H groups in total. The van der Waals surface area contributed by atoms with Gasteiger partial charge in [-0.25, -0.2) is 4.79 Å². The fraction of sp³-hybridized carbons (Fsp3) is 0.296. The van der Waals surface area contributed by atoms with Crippen LogP contribution in [0.4, 0.5) is 5.00 Å². The Labute approximate surface area is 226 Å². The van der Waals surface area contributed by atoms with Crippen molar-refractivity contribution < 1.29 is 32.7 Å². The van der Waals surface area contributed by atoms with Gasteiger partial charge in [-0.1, -0.05) is 42.5 Å². The van der Waals surface area contributed by atoms with E-state index in [1.807, 2.05) is 30.3 Å². The van der Waals surface area contributed by atoms with Crippen molar-refractivity contribution in [2.24, 2.45) is 0 Å². The lowest BCUT2D eigenvalue weighted by Gasteiger charge is -2.17. The van der Waals surface area contributed by atoms with Crippen molar-refractivity contribution in [3.05, 3.63) is 71.8 Å². The summed E-state index contributed by atoms with van der Waals surface area (Å²) in [4.78, 5) is 38.4. The minimum Gasteiger partial charge on any atom is -0.462 e. The van der Waals surface area contributed by atoms with Crippen LogP contribution in [0.1, 0.15) is 36.7 Å². The van der Waals surface area contributed by atoms with Gasteiger partial charge in [0.25, 0.3) is 0 Å². The van der Waals surface area contributed by atoms with Crippen LogP contribution in [0.2, 0.25) is 0 Å². The van der Waals surface area contributed by atoms with E-state index >= 15 is 0 Å². The summed E-state index contributed by atoms with van der Waals surface area (Å²) >= 11 is 1.25. The molecule has 0 saturated carbocycles. The molecule has 2 amide bonds. The SMILES string of the molecule is CCOC(=O)c1cc(-c2ccccc2)sc1NC(=O)CNC(=O)Cc1cccc(P(=O)(OCC)OCC)c1. The van der Waals surface area contributed by atoms with E-state index < -0.39 is 25.4 Å². The number of hydrogen-bond acceptors (Lipinski definition) is 8. The molecule has 0 unspecified atom stereocenters. The number of thiophene rings is 1. The molecule has 0 radical (unpaired) electrons. The first kappa shape index (κ1) is 29.3. The maximum Gasteiger partial charge on any atom is 0.361 e. The number of benzene rings is 2. The highest BCUT2D eigenvalue weighted by Crippen LogP contribution is 2.46. The Balaban J connectivity index is 1.64. The zero-order chi connectivity index (χ0) is 27.5. The van der Waals surface area contributed by atoms with Crippen LogP contribution in [0.3, 0.4) is 0 Å². The Kier molecular flexibility index (Phi) is 10.8. The van der Waals surface area contributed by atoms with Gasteiger partial charge < -0.3 is 24.4 Å². The van der Waals surface area contributed by atoms with Crippen molar-refractivity contribution in [1.82, 2.24) is 5.32 Å². The molecular formula is C27H31N2O7PS. The fourth-order valence-electron chi connectivity index (χ4n) is 3.55. The molecule has 9 nitrogen and oxygen atoms in total. The molecule has 0 spiro atoms. The van der Waals surface area contributed by atoms with Crippen LogP contribution >= 0.6 is 18.9 Å². The molecule has 11 heteroatoms. The first-order valence-corrected chi connectivity index (χ1v) is 14.6. The number of anilines is 1. The van der Waals surface area contributed by atoms with Gasteiger partial charge >= 0.3 is 13.6 Å². The molecule has 38 heavy (non-hydrogen) atoms. The van der Waals surface area contributed by atoms with Crippen molar-refractivity contribution in [1.29, 1.82) is 0 Å². The summed E-state index contributed by atoms with van der Waals surface area (Å²) in [5, 5.41) is 6.00. The van der Waals surface area contributed by atoms with Gasteiger partial charge in [-0.05, 0) is 50.1 Å². The molecule has 1 aromatic heterocycles. The average molecular weight is 559 g/mol. The van der Waals surface area contributed by atoms with E-state index in [1.165, 1.54) is 11.3 Å². The standard InChI is InChI=1S/C27H31N2O7PS/c1-4-34-27(32)22-17-23(20-12-8-7-9-13-20)38-26(22)29-25(31)18-28-24(30)16-19-11-10-14-21(15-19)37(33,35-5-2)36-6-3/h7-15,17H,4-6,16,18H2,1-3H3,(H,28,30)(H,29,31).